The molecule has 0 unspecified atom stereocenters. The highest BCUT2D eigenvalue weighted by Crippen LogP contribution is 2.25. The number of carbonyl (C=O) groups is 3. The minimum Gasteiger partial charge on any atom is -0.505 e. The zero-order chi connectivity index (χ0) is 21.3. The third-order valence-electron chi connectivity index (χ3n) is 4.88. The van der Waals surface area contributed by atoms with Crippen molar-refractivity contribution in [3.8, 4) is 0 Å². The highest BCUT2D eigenvalue weighted by atomic mass is 16.6. The van der Waals surface area contributed by atoms with Gasteiger partial charge in [-0.25, -0.2) is 4.79 Å². The molecule has 0 bridgehead atoms. The molecule has 0 radical (unpaired) electrons. The number of aliphatic hydroxyl groups is 4. The fourth-order valence-electron chi connectivity index (χ4n) is 3.17. The Labute approximate surface area is 162 Å². The molecular weight excluding hydrogens is 376 g/mol. The van der Waals surface area contributed by atoms with Gasteiger partial charge in [-0.15, -0.1) is 0 Å². The summed E-state index contributed by atoms with van der Waals surface area (Å²) in [6.45, 7) is -0.671. The van der Waals surface area contributed by atoms with E-state index in [0.717, 1.165) is 51.4 Å². The van der Waals surface area contributed by atoms with E-state index >= 15 is 0 Å². The fraction of sp³-hybridized carbons (Fsp3) is 0.722. The van der Waals surface area contributed by atoms with Crippen molar-refractivity contribution in [1.82, 2.24) is 0 Å². The number of ether oxygens (including phenoxy) is 1. The van der Waals surface area contributed by atoms with Crippen molar-refractivity contribution in [2.75, 3.05) is 6.61 Å². The van der Waals surface area contributed by atoms with E-state index in [1.165, 1.54) is 0 Å². The highest BCUT2D eigenvalue weighted by Gasteiger charge is 2.38. The van der Waals surface area contributed by atoms with Gasteiger partial charge in [-0.2, -0.15) is 0 Å². The maximum atomic E-state index is 10.5. The zero-order valence-electron chi connectivity index (χ0n) is 15.5. The van der Waals surface area contributed by atoms with Crippen molar-refractivity contribution in [2.24, 2.45) is 11.8 Å². The number of cyclic esters (lactones) is 1. The first-order valence-electron chi connectivity index (χ1n) is 9.26. The van der Waals surface area contributed by atoms with Crippen LogP contribution in [0, 0.1) is 11.8 Å². The Bertz CT molecular complexity index is 547. The highest BCUT2D eigenvalue weighted by molar-refractivity contribution is 5.89. The van der Waals surface area contributed by atoms with Crippen molar-refractivity contribution in [3.05, 3.63) is 11.5 Å². The summed E-state index contributed by atoms with van der Waals surface area (Å²) in [5.74, 6) is -4.03. The number of carboxylic acid groups (broad SMARTS) is 2. The Morgan fingerprint density at radius 1 is 0.929 bits per heavy atom. The molecule has 0 aromatic heterocycles. The number of hydrogen-bond donors (Lipinski definition) is 6. The van der Waals surface area contributed by atoms with Crippen LogP contribution in [0.15, 0.2) is 11.5 Å². The maximum Gasteiger partial charge on any atom is 0.377 e. The first kappa shape index (κ1) is 23.7. The summed E-state index contributed by atoms with van der Waals surface area (Å²) < 4.78 is 4.32. The molecule has 2 saturated carbocycles. The molecule has 1 heterocycles. The molecule has 160 valence electrons. The third kappa shape index (κ3) is 7.01. The van der Waals surface area contributed by atoms with E-state index in [1.54, 1.807) is 0 Å². The molecule has 1 aliphatic heterocycles. The topological polar surface area (TPSA) is 182 Å². The SMILES string of the molecule is O=C(O)C1CCCC1.O=C(O)C1CCCC1.O=C1O[C@H]([C@@H](O)CO)C(O)=C1O. The van der Waals surface area contributed by atoms with Gasteiger partial charge in [0.05, 0.1) is 18.4 Å². The molecule has 0 aromatic carbocycles. The first-order chi connectivity index (χ1) is 13.2. The number of aliphatic carboxylic acids is 2. The van der Waals surface area contributed by atoms with Gasteiger partial charge in [0.25, 0.3) is 0 Å². The summed E-state index contributed by atoms with van der Waals surface area (Å²) in [4.78, 5) is 30.9. The van der Waals surface area contributed by atoms with E-state index in [2.05, 4.69) is 4.74 Å². The second-order valence-corrected chi connectivity index (χ2v) is 6.95. The van der Waals surface area contributed by atoms with E-state index in [9.17, 15) is 14.4 Å². The van der Waals surface area contributed by atoms with Gasteiger partial charge in [0.2, 0.25) is 5.76 Å². The van der Waals surface area contributed by atoms with E-state index in [-0.39, 0.29) is 11.8 Å². The second kappa shape index (κ2) is 11.5. The van der Waals surface area contributed by atoms with E-state index in [4.69, 9.17) is 30.6 Å². The fourth-order valence-corrected chi connectivity index (χ4v) is 3.17. The van der Waals surface area contributed by atoms with Crippen LogP contribution in [0.25, 0.3) is 0 Å². The molecule has 3 rings (SSSR count). The van der Waals surface area contributed by atoms with Crippen molar-refractivity contribution < 1.29 is 49.8 Å². The summed E-state index contributed by atoms with van der Waals surface area (Å²) in [6, 6.07) is 0. The molecule has 0 spiro atoms. The quantitative estimate of drug-likeness (QED) is 0.371. The normalized spacial score (nSPS) is 23.4. The minimum atomic E-state index is -1.42. The molecule has 2 atom stereocenters. The summed E-state index contributed by atoms with van der Waals surface area (Å²) in [5, 5.41) is 51.9. The Morgan fingerprint density at radius 3 is 1.54 bits per heavy atom. The van der Waals surface area contributed by atoms with Crippen molar-refractivity contribution in [1.29, 1.82) is 0 Å². The molecule has 0 aromatic rings. The summed E-state index contributed by atoms with van der Waals surface area (Å²) in [6.07, 6.45) is 5.25. The lowest BCUT2D eigenvalue weighted by atomic mass is 10.1. The average Bonchev–Trinajstić information content (AvgIpc) is 3.41. The van der Waals surface area contributed by atoms with Crippen LogP contribution in [0.4, 0.5) is 0 Å². The van der Waals surface area contributed by atoms with Gasteiger partial charge in [0, 0.05) is 0 Å². The molecule has 0 amide bonds. The lowest BCUT2D eigenvalue weighted by Gasteiger charge is -2.13. The molecule has 0 saturated heterocycles. The largest absolute Gasteiger partial charge is 0.505 e. The Kier molecular flexibility index (Phi) is 9.74. The van der Waals surface area contributed by atoms with E-state index in [0.29, 0.717) is 0 Å². The van der Waals surface area contributed by atoms with Crippen LogP contribution >= 0.6 is 0 Å². The number of esters is 1. The monoisotopic (exact) mass is 404 g/mol. The van der Waals surface area contributed by atoms with Crippen LogP contribution in [0.3, 0.4) is 0 Å². The summed E-state index contributed by atoms with van der Waals surface area (Å²) >= 11 is 0. The summed E-state index contributed by atoms with van der Waals surface area (Å²) in [5.41, 5.74) is 0. The van der Waals surface area contributed by atoms with Crippen molar-refractivity contribution in [3.63, 3.8) is 0 Å². The minimum absolute atomic E-state index is 0.0185. The van der Waals surface area contributed by atoms with Crippen molar-refractivity contribution in [2.45, 2.75) is 63.6 Å². The van der Waals surface area contributed by atoms with Crippen LogP contribution in [-0.2, 0) is 19.1 Å². The molecule has 10 heteroatoms. The molecule has 6 N–H and O–H groups in total. The van der Waals surface area contributed by atoms with Crippen molar-refractivity contribution >= 4 is 17.9 Å². The molecular formula is C18H28O10. The number of carbonyl (C=O) groups excluding carboxylic acids is 1. The van der Waals surface area contributed by atoms with Gasteiger partial charge in [-0.1, -0.05) is 25.7 Å². The summed E-state index contributed by atoms with van der Waals surface area (Å²) in [7, 11) is 0. The number of carboxylic acids is 2. The molecule has 2 fully saturated rings. The molecule has 10 nitrogen and oxygen atoms in total. The molecule has 2 aliphatic carbocycles. The predicted octanol–water partition coefficient (Wildman–Crippen LogP) is 1.12. The molecule has 3 aliphatic rings. The standard InChI is InChI=1S/C6H8O6.2C6H10O2/c7-1-2(8)5-3(9)4(10)6(11)12-5;2*7-6(8)5-3-1-2-4-5/h2,5,7-10H,1H2;2*5H,1-4H2,(H,7,8)/t2-,5+;;/m0../s1. The van der Waals surface area contributed by atoms with Crippen LogP contribution in [0.5, 0.6) is 0 Å². The molecule has 28 heavy (non-hydrogen) atoms. The van der Waals surface area contributed by atoms with Gasteiger partial charge in [-0.05, 0) is 25.7 Å². The Hall–Kier alpha value is -2.33. The lowest BCUT2D eigenvalue weighted by molar-refractivity contribution is -0.148. The van der Waals surface area contributed by atoms with Crippen LogP contribution in [0.1, 0.15) is 51.4 Å². The zero-order valence-corrected chi connectivity index (χ0v) is 15.5. The predicted molar refractivity (Wildman–Crippen MR) is 94.4 cm³/mol. The Morgan fingerprint density at radius 2 is 1.32 bits per heavy atom. The van der Waals surface area contributed by atoms with Gasteiger partial charge >= 0.3 is 17.9 Å². The third-order valence-corrected chi connectivity index (χ3v) is 4.88. The average molecular weight is 404 g/mol. The van der Waals surface area contributed by atoms with E-state index < -0.39 is 48.2 Å². The Balaban J connectivity index is 0.000000217. The van der Waals surface area contributed by atoms with Crippen LogP contribution in [0.2, 0.25) is 0 Å². The van der Waals surface area contributed by atoms with Gasteiger partial charge < -0.3 is 35.4 Å². The van der Waals surface area contributed by atoms with Gasteiger partial charge in [0.15, 0.2) is 11.9 Å². The first-order valence-corrected chi connectivity index (χ1v) is 9.26. The lowest BCUT2D eigenvalue weighted by Crippen LogP contribution is -2.31. The van der Waals surface area contributed by atoms with E-state index in [1.807, 2.05) is 0 Å². The number of aliphatic hydroxyl groups excluding tert-OH is 4. The number of rotatable bonds is 4. The maximum absolute atomic E-state index is 10.5. The smallest absolute Gasteiger partial charge is 0.377 e. The number of hydrogen-bond acceptors (Lipinski definition) is 8. The van der Waals surface area contributed by atoms with Gasteiger partial charge in [-0.3, -0.25) is 9.59 Å². The van der Waals surface area contributed by atoms with Gasteiger partial charge in [0.1, 0.15) is 6.10 Å². The van der Waals surface area contributed by atoms with Crippen LogP contribution < -0.4 is 0 Å². The van der Waals surface area contributed by atoms with Crippen LogP contribution in [-0.4, -0.2) is 67.4 Å². The second-order valence-electron chi connectivity index (χ2n) is 6.95.